The number of benzene rings is 3. The van der Waals surface area contributed by atoms with Gasteiger partial charge in [0.1, 0.15) is 12.6 Å². The van der Waals surface area contributed by atoms with Gasteiger partial charge in [-0.05, 0) is 36.1 Å². The Balaban J connectivity index is 2.01. The van der Waals surface area contributed by atoms with Crippen molar-refractivity contribution in [2.45, 2.75) is 39.8 Å². The van der Waals surface area contributed by atoms with Gasteiger partial charge >= 0.3 is 0 Å². The van der Waals surface area contributed by atoms with Crippen LogP contribution < -0.4 is 9.62 Å². The van der Waals surface area contributed by atoms with E-state index in [0.29, 0.717) is 18.7 Å². The van der Waals surface area contributed by atoms with Crippen molar-refractivity contribution in [3.05, 3.63) is 102 Å². The third-order valence-corrected chi connectivity index (χ3v) is 7.29. The second kappa shape index (κ2) is 13.2. The Bertz CT molecular complexity index is 1290. The number of hydrogen-bond donors (Lipinski definition) is 1. The molecule has 8 heteroatoms. The molecule has 0 aliphatic heterocycles. The van der Waals surface area contributed by atoms with Crippen LogP contribution in [0.1, 0.15) is 30.5 Å². The lowest BCUT2D eigenvalue weighted by Gasteiger charge is -2.33. The SMILES string of the molecule is Cc1ccc(N(CC(=O)N(Cc2ccccc2)[C@H](Cc2ccccc2)C(=O)NCC(C)C)S(C)(=O)=O)cc1. The number of carbonyl (C=O) groups excluding carboxylic acids is 2. The standard InChI is InChI=1S/C30H37N3O4S/c1-23(2)20-31-30(35)28(19-25-11-7-5-8-12-25)32(21-26-13-9-6-10-14-26)29(34)22-33(38(4,36)37)27-17-15-24(3)16-18-27/h5-18,23,28H,19-22H2,1-4H3,(H,31,35)/t28-/m1/s1. The van der Waals surface area contributed by atoms with Gasteiger partial charge < -0.3 is 10.2 Å². The van der Waals surface area contributed by atoms with Crippen LogP contribution in [0.3, 0.4) is 0 Å². The first kappa shape index (κ1) is 28.9. The maximum Gasteiger partial charge on any atom is 0.244 e. The van der Waals surface area contributed by atoms with Crippen LogP contribution in [-0.4, -0.2) is 50.5 Å². The van der Waals surface area contributed by atoms with Gasteiger partial charge in [-0.2, -0.15) is 0 Å². The van der Waals surface area contributed by atoms with Crippen LogP contribution in [0, 0.1) is 12.8 Å². The summed E-state index contributed by atoms with van der Waals surface area (Å²) in [6, 6.07) is 25.1. The third-order valence-electron chi connectivity index (χ3n) is 6.15. The Labute approximate surface area is 226 Å². The second-order valence-electron chi connectivity index (χ2n) is 9.96. The zero-order valence-corrected chi connectivity index (χ0v) is 23.3. The number of rotatable bonds is 12. The van der Waals surface area contributed by atoms with Gasteiger partial charge in [0.05, 0.1) is 11.9 Å². The molecule has 0 bridgehead atoms. The lowest BCUT2D eigenvalue weighted by molar-refractivity contribution is -0.140. The molecular weight excluding hydrogens is 498 g/mol. The van der Waals surface area contributed by atoms with Gasteiger partial charge in [-0.15, -0.1) is 0 Å². The molecule has 3 aromatic carbocycles. The Kier molecular flexibility index (Phi) is 10.1. The quantitative estimate of drug-likeness (QED) is 0.377. The van der Waals surface area contributed by atoms with Crippen molar-refractivity contribution in [3.63, 3.8) is 0 Å². The number of sulfonamides is 1. The summed E-state index contributed by atoms with van der Waals surface area (Å²) < 4.78 is 26.7. The minimum absolute atomic E-state index is 0.164. The van der Waals surface area contributed by atoms with E-state index in [4.69, 9.17) is 0 Å². The highest BCUT2D eigenvalue weighted by molar-refractivity contribution is 7.92. The number of hydrogen-bond acceptors (Lipinski definition) is 4. The van der Waals surface area contributed by atoms with Crippen molar-refractivity contribution in [2.24, 2.45) is 5.92 Å². The molecule has 0 radical (unpaired) electrons. The summed E-state index contributed by atoms with van der Waals surface area (Å²) in [5, 5.41) is 2.98. The zero-order valence-electron chi connectivity index (χ0n) is 22.5. The Morgan fingerprint density at radius 1 is 0.842 bits per heavy atom. The van der Waals surface area contributed by atoms with Crippen molar-refractivity contribution < 1.29 is 18.0 Å². The minimum atomic E-state index is -3.77. The topological polar surface area (TPSA) is 86.8 Å². The molecule has 0 saturated carbocycles. The zero-order chi connectivity index (χ0) is 27.7. The van der Waals surface area contributed by atoms with Crippen LogP contribution >= 0.6 is 0 Å². The van der Waals surface area contributed by atoms with E-state index in [1.807, 2.05) is 81.4 Å². The Morgan fingerprint density at radius 2 is 1.39 bits per heavy atom. The van der Waals surface area contributed by atoms with E-state index in [0.717, 1.165) is 27.3 Å². The van der Waals surface area contributed by atoms with Crippen LogP contribution in [0.25, 0.3) is 0 Å². The highest BCUT2D eigenvalue weighted by Gasteiger charge is 2.33. The van der Waals surface area contributed by atoms with Gasteiger partial charge in [0.15, 0.2) is 0 Å². The average molecular weight is 536 g/mol. The van der Waals surface area contributed by atoms with Gasteiger partial charge in [-0.1, -0.05) is 92.2 Å². The highest BCUT2D eigenvalue weighted by atomic mass is 32.2. The summed E-state index contributed by atoms with van der Waals surface area (Å²) >= 11 is 0. The molecule has 3 aromatic rings. The molecule has 7 nitrogen and oxygen atoms in total. The first-order valence-electron chi connectivity index (χ1n) is 12.7. The molecule has 0 fully saturated rings. The third kappa shape index (κ3) is 8.45. The van der Waals surface area contributed by atoms with E-state index in [9.17, 15) is 18.0 Å². The van der Waals surface area contributed by atoms with Gasteiger partial charge in [-0.25, -0.2) is 8.42 Å². The van der Waals surface area contributed by atoms with Crippen LogP contribution in [0.2, 0.25) is 0 Å². The van der Waals surface area contributed by atoms with E-state index in [1.165, 1.54) is 4.90 Å². The summed E-state index contributed by atoms with van der Waals surface area (Å²) in [5.41, 5.74) is 3.12. The van der Waals surface area contributed by atoms with E-state index in [1.54, 1.807) is 24.3 Å². The van der Waals surface area contributed by atoms with Gasteiger partial charge in [0.25, 0.3) is 0 Å². The number of anilines is 1. The number of nitrogens with zero attached hydrogens (tertiary/aromatic N) is 2. The summed E-state index contributed by atoms with van der Waals surface area (Å²) in [6.45, 7) is 6.13. The van der Waals surface area contributed by atoms with E-state index >= 15 is 0 Å². The fraction of sp³-hybridized carbons (Fsp3) is 0.333. The predicted octanol–water partition coefficient (Wildman–Crippen LogP) is 4.17. The summed E-state index contributed by atoms with van der Waals surface area (Å²) in [6.07, 6.45) is 1.38. The number of aryl methyl sites for hydroxylation is 1. The molecular formula is C30H37N3O4S. The molecule has 0 aliphatic carbocycles. The molecule has 3 rings (SSSR count). The van der Waals surface area contributed by atoms with Crippen LogP contribution in [0.4, 0.5) is 5.69 Å². The first-order valence-corrected chi connectivity index (χ1v) is 14.6. The minimum Gasteiger partial charge on any atom is -0.354 e. The lowest BCUT2D eigenvalue weighted by Crippen LogP contribution is -2.53. The maximum absolute atomic E-state index is 14.0. The maximum atomic E-state index is 14.0. The summed E-state index contributed by atoms with van der Waals surface area (Å²) in [5.74, 6) is -0.495. The summed E-state index contributed by atoms with van der Waals surface area (Å²) in [7, 11) is -3.77. The summed E-state index contributed by atoms with van der Waals surface area (Å²) in [4.78, 5) is 29.0. The van der Waals surface area contributed by atoms with E-state index in [2.05, 4.69) is 5.32 Å². The molecule has 1 atom stereocenters. The van der Waals surface area contributed by atoms with E-state index in [-0.39, 0.29) is 18.4 Å². The normalized spacial score (nSPS) is 12.1. The largest absolute Gasteiger partial charge is 0.354 e. The molecule has 2 amide bonds. The van der Waals surface area contributed by atoms with Gasteiger partial charge in [-0.3, -0.25) is 13.9 Å². The van der Waals surface area contributed by atoms with E-state index < -0.39 is 28.5 Å². The van der Waals surface area contributed by atoms with Crippen molar-refractivity contribution in [1.82, 2.24) is 10.2 Å². The number of amides is 2. The van der Waals surface area contributed by atoms with Crippen molar-refractivity contribution in [1.29, 1.82) is 0 Å². The fourth-order valence-electron chi connectivity index (χ4n) is 4.08. The molecule has 1 N–H and O–H groups in total. The average Bonchev–Trinajstić information content (AvgIpc) is 2.89. The molecule has 0 unspecified atom stereocenters. The first-order chi connectivity index (χ1) is 18.0. The fourth-order valence-corrected chi connectivity index (χ4v) is 4.93. The monoisotopic (exact) mass is 535 g/mol. The van der Waals surface area contributed by atoms with Crippen LogP contribution in [0.15, 0.2) is 84.9 Å². The molecule has 0 saturated heterocycles. The smallest absolute Gasteiger partial charge is 0.244 e. The predicted molar refractivity (Wildman–Crippen MR) is 152 cm³/mol. The molecule has 0 aromatic heterocycles. The van der Waals surface area contributed by atoms with Gasteiger partial charge in [0, 0.05) is 19.5 Å². The molecule has 0 heterocycles. The Hall–Kier alpha value is -3.65. The highest BCUT2D eigenvalue weighted by Crippen LogP contribution is 2.21. The lowest BCUT2D eigenvalue weighted by atomic mass is 10.0. The van der Waals surface area contributed by atoms with Crippen LogP contribution in [-0.2, 0) is 32.6 Å². The Morgan fingerprint density at radius 3 is 1.92 bits per heavy atom. The van der Waals surface area contributed by atoms with Crippen molar-refractivity contribution in [2.75, 3.05) is 23.7 Å². The van der Waals surface area contributed by atoms with Crippen LogP contribution in [0.5, 0.6) is 0 Å². The van der Waals surface area contributed by atoms with Gasteiger partial charge in [0.2, 0.25) is 21.8 Å². The second-order valence-corrected chi connectivity index (χ2v) is 11.9. The molecule has 0 spiro atoms. The number of carbonyl (C=O) groups is 2. The molecule has 38 heavy (non-hydrogen) atoms. The number of nitrogens with one attached hydrogen (secondary N) is 1. The van der Waals surface area contributed by atoms with Crippen molar-refractivity contribution >= 4 is 27.5 Å². The molecule has 202 valence electrons. The van der Waals surface area contributed by atoms with Crippen molar-refractivity contribution in [3.8, 4) is 0 Å². The molecule has 0 aliphatic rings.